The molecule has 3 aliphatic rings. The van der Waals surface area contributed by atoms with Crippen molar-refractivity contribution in [3.63, 3.8) is 0 Å². The Labute approximate surface area is 162 Å². The van der Waals surface area contributed by atoms with Crippen molar-refractivity contribution in [3.05, 3.63) is 17.7 Å². The van der Waals surface area contributed by atoms with E-state index in [2.05, 4.69) is 34.2 Å². The highest BCUT2D eigenvalue weighted by atomic mass is 19.3. The molecular formula is C19H25F2N3O4. The van der Waals surface area contributed by atoms with Gasteiger partial charge >= 0.3 is 6.61 Å². The highest BCUT2D eigenvalue weighted by molar-refractivity contribution is 5.80. The average molecular weight is 397 g/mol. The van der Waals surface area contributed by atoms with Gasteiger partial charge in [0.25, 0.3) is 0 Å². The van der Waals surface area contributed by atoms with Crippen LogP contribution in [0.3, 0.4) is 0 Å². The number of guanidine groups is 1. The van der Waals surface area contributed by atoms with Crippen LogP contribution < -0.4 is 24.8 Å². The van der Waals surface area contributed by atoms with Crippen molar-refractivity contribution in [2.45, 2.75) is 45.6 Å². The number of rotatable bonds is 5. The molecule has 154 valence electrons. The van der Waals surface area contributed by atoms with Crippen molar-refractivity contribution in [1.82, 2.24) is 10.6 Å². The lowest BCUT2D eigenvalue weighted by Crippen LogP contribution is -2.67. The molecule has 0 spiro atoms. The maximum Gasteiger partial charge on any atom is 0.387 e. The molecule has 1 aromatic rings. The lowest BCUT2D eigenvalue weighted by molar-refractivity contribution is -0.106. The first-order valence-corrected chi connectivity index (χ1v) is 9.36. The zero-order valence-corrected chi connectivity index (χ0v) is 16.1. The van der Waals surface area contributed by atoms with Gasteiger partial charge in [0.2, 0.25) is 6.79 Å². The summed E-state index contributed by atoms with van der Waals surface area (Å²) in [6, 6.07) is 3.31. The standard InChI is InChI=1S/C19H25F2N3O4/c1-19(2)15(11-4-5-25-16(11)19)24-18(22-3)23-8-10-6-13-14(27-9-26-13)7-12(10)28-17(20)21/h6-7,11,15-17H,4-5,8-9H2,1-3H3,(H2,22,23,24). The molecule has 0 amide bonds. The molecule has 2 fully saturated rings. The summed E-state index contributed by atoms with van der Waals surface area (Å²) in [5, 5.41) is 6.65. The van der Waals surface area contributed by atoms with Gasteiger partial charge in [-0.15, -0.1) is 0 Å². The molecule has 2 N–H and O–H groups in total. The zero-order valence-electron chi connectivity index (χ0n) is 16.1. The van der Waals surface area contributed by atoms with E-state index in [0.29, 0.717) is 28.9 Å². The molecule has 1 aromatic carbocycles. The number of benzene rings is 1. The van der Waals surface area contributed by atoms with E-state index in [1.165, 1.54) is 6.07 Å². The van der Waals surface area contributed by atoms with Crippen molar-refractivity contribution in [3.8, 4) is 17.2 Å². The van der Waals surface area contributed by atoms with E-state index in [1.54, 1.807) is 13.1 Å². The van der Waals surface area contributed by atoms with Crippen molar-refractivity contribution >= 4 is 5.96 Å². The van der Waals surface area contributed by atoms with Gasteiger partial charge in [-0.3, -0.25) is 4.99 Å². The Bertz CT molecular complexity index is 772. The third kappa shape index (κ3) is 3.32. The van der Waals surface area contributed by atoms with E-state index >= 15 is 0 Å². The molecule has 3 unspecified atom stereocenters. The number of nitrogens with one attached hydrogen (secondary N) is 2. The van der Waals surface area contributed by atoms with Gasteiger partial charge in [-0.05, 0) is 12.5 Å². The first kappa shape index (κ1) is 19.0. The minimum absolute atomic E-state index is 0.00147. The van der Waals surface area contributed by atoms with Gasteiger partial charge in [0.05, 0.1) is 6.10 Å². The number of nitrogens with zero attached hydrogens (tertiary/aromatic N) is 1. The van der Waals surface area contributed by atoms with Crippen molar-refractivity contribution in [2.24, 2.45) is 16.3 Å². The Morgan fingerprint density at radius 2 is 2.07 bits per heavy atom. The van der Waals surface area contributed by atoms with Gasteiger partial charge in [0, 0.05) is 49.2 Å². The second-order valence-electron chi connectivity index (χ2n) is 7.80. The first-order valence-electron chi connectivity index (χ1n) is 9.36. The van der Waals surface area contributed by atoms with Crippen LogP contribution in [0.4, 0.5) is 8.78 Å². The monoisotopic (exact) mass is 397 g/mol. The van der Waals surface area contributed by atoms with E-state index in [9.17, 15) is 8.78 Å². The maximum atomic E-state index is 12.8. The lowest BCUT2D eigenvalue weighted by Gasteiger charge is -2.54. The predicted molar refractivity (Wildman–Crippen MR) is 97.9 cm³/mol. The summed E-state index contributed by atoms with van der Waals surface area (Å²) in [6.07, 6.45) is 1.29. The van der Waals surface area contributed by atoms with Crippen molar-refractivity contribution in [1.29, 1.82) is 0 Å². The second-order valence-corrected chi connectivity index (χ2v) is 7.80. The molecule has 28 heavy (non-hydrogen) atoms. The Morgan fingerprint density at radius 1 is 1.32 bits per heavy atom. The van der Waals surface area contributed by atoms with E-state index in [4.69, 9.17) is 14.2 Å². The normalized spacial score (nSPS) is 27.4. The lowest BCUT2D eigenvalue weighted by atomic mass is 9.57. The van der Waals surface area contributed by atoms with Crippen LogP contribution in [0.25, 0.3) is 0 Å². The van der Waals surface area contributed by atoms with Crippen LogP contribution in [0.2, 0.25) is 0 Å². The average Bonchev–Trinajstić information content (AvgIpc) is 3.28. The molecule has 0 aromatic heterocycles. The molecule has 9 heteroatoms. The SMILES string of the molecule is CN=C(NCc1cc2c(cc1OC(F)F)OCO2)NC1C2CCOC2C1(C)C. The predicted octanol–water partition coefficient (Wildman–Crippen LogP) is 2.50. The summed E-state index contributed by atoms with van der Waals surface area (Å²) < 4.78 is 46.6. The smallest absolute Gasteiger partial charge is 0.387 e. The zero-order chi connectivity index (χ0) is 19.9. The fourth-order valence-electron chi connectivity index (χ4n) is 4.45. The molecule has 4 rings (SSSR count). The Balaban J connectivity index is 1.44. The number of fused-ring (bicyclic) bond motifs is 2. The van der Waals surface area contributed by atoms with Crippen LogP contribution >= 0.6 is 0 Å². The number of alkyl halides is 2. The summed E-state index contributed by atoms with van der Waals surface area (Å²) in [5.74, 6) is 2.01. The fraction of sp³-hybridized carbons (Fsp3) is 0.632. The van der Waals surface area contributed by atoms with Crippen LogP contribution in [0, 0.1) is 11.3 Å². The summed E-state index contributed by atoms with van der Waals surface area (Å²) in [6.45, 7) is 2.52. The van der Waals surface area contributed by atoms with Crippen LogP contribution in [0.15, 0.2) is 17.1 Å². The number of halogens is 2. The molecule has 3 atom stereocenters. The van der Waals surface area contributed by atoms with Crippen LogP contribution in [-0.4, -0.2) is 45.2 Å². The molecule has 0 bridgehead atoms. The number of hydrogen-bond donors (Lipinski definition) is 2. The summed E-state index contributed by atoms with van der Waals surface area (Å²) in [5.41, 5.74) is 0.532. The van der Waals surface area contributed by atoms with E-state index in [-0.39, 0.29) is 36.6 Å². The molecule has 1 saturated heterocycles. The molecule has 0 radical (unpaired) electrons. The molecular weight excluding hydrogens is 372 g/mol. The minimum atomic E-state index is -2.92. The number of aliphatic imine (C=N–C) groups is 1. The summed E-state index contributed by atoms with van der Waals surface area (Å²) in [7, 11) is 1.68. The fourth-order valence-corrected chi connectivity index (χ4v) is 4.45. The van der Waals surface area contributed by atoms with Crippen LogP contribution in [0.5, 0.6) is 17.2 Å². The summed E-state index contributed by atoms with van der Waals surface area (Å²) >= 11 is 0. The van der Waals surface area contributed by atoms with E-state index in [1.807, 2.05) is 0 Å². The van der Waals surface area contributed by atoms with Gasteiger partial charge in [-0.1, -0.05) is 13.8 Å². The van der Waals surface area contributed by atoms with E-state index in [0.717, 1.165) is 13.0 Å². The molecule has 1 saturated carbocycles. The third-order valence-electron chi connectivity index (χ3n) is 5.83. The second kappa shape index (κ2) is 7.27. The highest BCUT2D eigenvalue weighted by Crippen LogP contribution is 2.52. The van der Waals surface area contributed by atoms with Crippen molar-refractivity contribution < 1.29 is 27.7 Å². The molecule has 7 nitrogen and oxygen atoms in total. The molecule has 2 heterocycles. The summed E-state index contributed by atoms with van der Waals surface area (Å²) in [4.78, 5) is 4.28. The van der Waals surface area contributed by atoms with Gasteiger partial charge in [-0.2, -0.15) is 8.78 Å². The topological polar surface area (TPSA) is 73.3 Å². The number of hydrogen-bond acceptors (Lipinski definition) is 5. The van der Waals surface area contributed by atoms with Gasteiger partial charge < -0.3 is 29.6 Å². The quantitative estimate of drug-likeness (QED) is 0.588. The first-order chi connectivity index (χ1) is 13.4. The van der Waals surface area contributed by atoms with Crippen LogP contribution in [0.1, 0.15) is 25.8 Å². The van der Waals surface area contributed by atoms with E-state index < -0.39 is 6.61 Å². The van der Waals surface area contributed by atoms with Gasteiger partial charge in [0.1, 0.15) is 5.75 Å². The number of ether oxygens (including phenoxy) is 4. The maximum absolute atomic E-state index is 12.8. The Hall–Kier alpha value is -2.29. The molecule has 2 aliphatic heterocycles. The van der Waals surface area contributed by atoms with Gasteiger partial charge in [0.15, 0.2) is 17.5 Å². The highest BCUT2D eigenvalue weighted by Gasteiger charge is 2.59. The largest absolute Gasteiger partial charge is 0.454 e. The van der Waals surface area contributed by atoms with Crippen LogP contribution in [-0.2, 0) is 11.3 Å². The Kier molecular flexibility index (Phi) is 4.95. The van der Waals surface area contributed by atoms with Gasteiger partial charge in [-0.25, -0.2) is 0 Å². The third-order valence-corrected chi connectivity index (χ3v) is 5.83. The Morgan fingerprint density at radius 3 is 2.79 bits per heavy atom. The van der Waals surface area contributed by atoms with Crippen molar-refractivity contribution in [2.75, 3.05) is 20.4 Å². The molecule has 1 aliphatic carbocycles. The minimum Gasteiger partial charge on any atom is -0.454 e.